The third-order valence-electron chi connectivity index (χ3n) is 2.92. The van der Waals surface area contributed by atoms with Crippen LogP contribution in [0.25, 0.3) is 0 Å². The minimum atomic E-state index is -4.12. The first-order valence-corrected chi connectivity index (χ1v) is 7.97. The van der Waals surface area contributed by atoms with Crippen LogP contribution in [0.4, 0.5) is 0 Å². The molecule has 0 saturated carbocycles. The molecule has 0 spiro atoms. The largest absolute Gasteiger partial charge is 1.00 e. The van der Waals surface area contributed by atoms with Crippen molar-refractivity contribution in [3.8, 4) is 0 Å². The van der Waals surface area contributed by atoms with Gasteiger partial charge in [0.2, 0.25) is 0 Å². The van der Waals surface area contributed by atoms with E-state index in [0.717, 1.165) is 38.5 Å². The summed E-state index contributed by atoms with van der Waals surface area (Å²) in [5.74, 6) is 0. The molecule has 4 nitrogen and oxygen atoms in total. The molecule has 2 unspecified atom stereocenters. The molecule has 0 fully saturated rings. The topological polar surface area (TPSA) is 77.4 Å². The normalized spacial score (nSPS) is 14.9. The van der Waals surface area contributed by atoms with Gasteiger partial charge in [-0.15, -0.1) is 0 Å². The Bertz CT molecular complexity index is 278. The van der Waals surface area contributed by atoms with E-state index in [1.165, 1.54) is 0 Å². The average Bonchev–Trinajstić information content (AvgIpc) is 2.19. The molecule has 1 N–H and O–H groups in total. The fourth-order valence-electron chi connectivity index (χ4n) is 1.92. The van der Waals surface area contributed by atoms with Crippen LogP contribution >= 0.6 is 0 Å². The maximum absolute atomic E-state index is 10.9. The van der Waals surface area contributed by atoms with E-state index >= 15 is 0 Å². The summed E-state index contributed by atoms with van der Waals surface area (Å²) in [5, 5.41) is 8.35. The van der Waals surface area contributed by atoms with Crippen molar-refractivity contribution < 1.29 is 69.5 Å². The molecule has 2 atom stereocenters. The Balaban J connectivity index is 0. The van der Waals surface area contributed by atoms with E-state index < -0.39 is 15.4 Å². The molecule has 0 rings (SSSR count). The summed E-state index contributed by atoms with van der Waals surface area (Å²) in [7, 11) is -4.12. The third kappa shape index (κ3) is 12.5. The summed E-state index contributed by atoms with van der Waals surface area (Å²) in [6.07, 6.45) is 5.88. The van der Waals surface area contributed by atoms with Crippen LogP contribution in [0.15, 0.2) is 0 Å². The second-order valence-corrected chi connectivity index (χ2v) is 6.40. The summed E-state index contributed by atoms with van der Waals surface area (Å²) in [6.45, 7) is 3.65. The minimum Gasteiger partial charge on any atom is -0.748 e. The van der Waals surface area contributed by atoms with Gasteiger partial charge in [0.05, 0.1) is 16.2 Å². The van der Waals surface area contributed by atoms with Gasteiger partial charge >= 0.3 is 51.4 Å². The Kier molecular flexibility index (Phi) is 14.9. The standard InChI is InChI=1S/C12H26O4S.K/c1-3-8-12(17(14,15)16)10-7-5-4-6-9-11(2)13;/h11-13H,3-10H2,1-2H3,(H,14,15,16);/q;+1/p-1. The van der Waals surface area contributed by atoms with Crippen molar-refractivity contribution in [3.05, 3.63) is 0 Å². The van der Waals surface area contributed by atoms with E-state index in [9.17, 15) is 13.0 Å². The Hall–Kier alpha value is 1.51. The number of aliphatic hydroxyl groups is 1. The summed E-state index contributed by atoms with van der Waals surface area (Å²) in [6, 6.07) is 0. The quantitative estimate of drug-likeness (QED) is 0.333. The van der Waals surface area contributed by atoms with Gasteiger partial charge in [-0.1, -0.05) is 39.0 Å². The molecule has 0 aromatic rings. The molecule has 0 aliphatic rings. The van der Waals surface area contributed by atoms with Crippen LogP contribution in [0.2, 0.25) is 0 Å². The van der Waals surface area contributed by atoms with Crippen LogP contribution < -0.4 is 51.4 Å². The Morgan fingerprint density at radius 3 is 1.94 bits per heavy atom. The predicted octanol–water partition coefficient (Wildman–Crippen LogP) is -0.574. The first-order valence-electron chi connectivity index (χ1n) is 6.50. The molecule has 0 heterocycles. The Labute approximate surface area is 154 Å². The maximum Gasteiger partial charge on any atom is 1.00 e. The van der Waals surface area contributed by atoms with E-state index in [2.05, 4.69) is 0 Å². The summed E-state index contributed by atoms with van der Waals surface area (Å²) >= 11 is 0. The number of rotatable bonds is 10. The second-order valence-electron chi connectivity index (χ2n) is 4.74. The van der Waals surface area contributed by atoms with Crippen LogP contribution in [-0.2, 0) is 10.1 Å². The van der Waals surface area contributed by atoms with E-state index in [1.807, 2.05) is 6.92 Å². The van der Waals surface area contributed by atoms with Crippen LogP contribution in [-0.4, -0.2) is 29.4 Å². The van der Waals surface area contributed by atoms with Crippen molar-refractivity contribution >= 4 is 10.1 Å². The molecule has 104 valence electrons. The van der Waals surface area contributed by atoms with Gasteiger partial charge in [0.15, 0.2) is 0 Å². The van der Waals surface area contributed by atoms with E-state index in [4.69, 9.17) is 5.11 Å². The van der Waals surface area contributed by atoms with Crippen LogP contribution in [0, 0.1) is 0 Å². The first-order chi connectivity index (χ1) is 7.88. The van der Waals surface area contributed by atoms with Gasteiger partial charge in [-0.2, -0.15) is 0 Å². The van der Waals surface area contributed by atoms with Crippen molar-refractivity contribution in [1.29, 1.82) is 0 Å². The monoisotopic (exact) mass is 304 g/mol. The van der Waals surface area contributed by atoms with Gasteiger partial charge in [-0.3, -0.25) is 0 Å². The minimum absolute atomic E-state index is 0. The maximum atomic E-state index is 10.9. The third-order valence-corrected chi connectivity index (χ3v) is 4.20. The zero-order valence-electron chi connectivity index (χ0n) is 11.9. The number of unbranched alkanes of at least 4 members (excludes halogenated alkanes) is 3. The van der Waals surface area contributed by atoms with E-state index in [-0.39, 0.29) is 57.5 Å². The fraction of sp³-hybridized carbons (Fsp3) is 1.00. The molecule has 0 radical (unpaired) electrons. The van der Waals surface area contributed by atoms with Crippen molar-refractivity contribution in [2.45, 2.75) is 76.6 Å². The number of aliphatic hydroxyl groups excluding tert-OH is 1. The predicted molar refractivity (Wildman–Crippen MR) is 67.8 cm³/mol. The summed E-state index contributed by atoms with van der Waals surface area (Å²) in [5.41, 5.74) is 0. The average molecular weight is 304 g/mol. The first kappa shape index (κ1) is 21.8. The van der Waals surface area contributed by atoms with Crippen molar-refractivity contribution in [3.63, 3.8) is 0 Å². The van der Waals surface area contributed by atoms with Crippen LogP contribution in [0.3, 0.4) is 0 Å². The SMILES string of the molecule is CCCC(CCCCCCC(C)O)S(=O)(=O)[O-].[K+]. The summed E-state index contributed by atoms with van der Waals surface area (Å²) < 4.78 is 32.8. The fourth-order valence-corrected chi connectivity index (χ4v) is 2.90. The molecule has 0 bridgehead atoms. The number of hydrogen-bond acceptors (Lipinski definition) is 4. The van der Waals surface area contributed by atoms with Crippen molar-refractivity contribution in [2.24, 2.45) is 0 Å². The molecular formula is C12H25KO4S. The van der Waals surface area contributed by atoms with Crippen LogP contribution in [0.5, 0.6) is 0 Å². The molecule has 0 amide bonds. The molecule has 0 saturated heterocycles. The van der Waals surface area contributed by atoms with Gasteiger partial charge in [0, 0.05) is 5.25 Å². The number of hydrogen-bond donors (Lipinski definition) is 1. The van der Waals surface area contributed by atoms with Gasteiger partial charge in [0.25, 0.3) is 0 Å². The van der Waals surface area contributed by atoms with E-state index in [1.54, 1.807) is 6.92 Å². The molecule has 18 heavy (non-hydrogen) atoms. The zero-order chi connectivity index (χ0) is 13.3. The van der Waals surface area contributed by atoms with Crippen molar-refractivity contribution in [1.82, 2.24) is 0 Å². The summed E-state index contributed by atoms with van der Waals surface area (Å²) in [4.78, 5) is 0. The van der Waals surface area contributed by atoms with Crippen LogP contribution in [0.1, 0.15) is 65.2 Å². The van der Waals surface area contributed by atoms with E-state index in [0.29, 0.717) is 12.8 Å². The molecule has 6 heteroatoms. The molecular weight excluding hydrogens is 279 g/mol. The zero-order valence-corrected chi connectivity index (χ0v) is 15.8. The Morgan fingerprint density at radius 2 is 1.56 bits per heavy atom. The molecule has 0 aliphatic heterocycles. The van der Waals surface area contributed by atoms with Gasteiger partial charge < -0.3 is 9.66 Å². The van der Waals surface area contributed by atoms with Gasteiger partial charge in [-0.25, -0.2) is 8.42 Å². The molecule has 0 aliphatic carbocycles. The Morgan fingerprint density at radius 1 is 1.06 bits per heavy atom. The smallest absolute Gasteiger partial charge is 0.748 e. The van der Waals surface area contributed by atoms with Crippen molar-refractivity contribution in [2.75, 3.05) is 0 Å². The molecule has 0 aromatic heterocycles. The second kappa shape index (κ2) is 12.3. The van der Waals surface area contributed by atoms with Gasteiger partial charge in [0.1, 0.15) is 0 Å². The molecule has 0 aromatic carbocycles. The van der Waals surface area contributed by atoms with Gasteiger partial charge in [-0.05, 0) is 26.2 Å².